The largest absolute Gasteiger partial charge is 0.477 e. The van der Waals surface area contributed by atoms with Crippen LogP contribution in [0.2, 0.25) is 0 Å². The second kappa shape index (κ2) is 8.30. The Morgan fingerprint density at radius 3 is 2.24 bits per heavy atom. The van der Waals surface area contributed by atoms with Gasteiger partial charge < -0.3 is 10.2 Å². The second-order valence-electron chi connectivity index (χ2n) is 4.83. The quantitative estimate of drug-likeness (QED) is 0.593. The van der Waals surface area contributed by atoms with E-state index in [1.807, 2.05) is 0 Å². The van der Waals surface area contributed by atoms with Gasteiger partial charge >= 0.3 is 11.9 Å². The van der Waals surface area contributed by atoms with Crippen molar-refractivity contribution in [1.29, 1.82) is 0 Å². The third-order valence-electron chi connectivity index (χ3n) is 3.06. The first kappa shape index (κ1) is 17.7. The maximum absolute atomic E-state index is 11.1. The van der Waals surface area contributed by atoms with Gasteiger partial charge in [-0.05, 0) is 30.3 Å². The number of nitrogens with zero attached hydrogens (tertiary/aromatic N) is 3. The van der Waals surface area contributed by atoms with Crippen LogP contribution < -0.4 is 0 Å². The van der Waals surface area contributed by atoms with E-state index in [-0.39, 0.29) is 17.9 Å². The molecule has 2 aromatic rings. The minimum absolute atomic E-state index is 0.0677. The first-order chi connectivity index (χ1) is 12.0. The van der Waals surface area contributed by atoms with Crippen molar-refractivity contribution in [3.8, 4) is 0 Å². The number of aliphatic imine (C=N–C) groups is 1. The average molecular weight is 337 g/mol. The van der Waals surface area contributed by atoms with Crippen LogP contribution in [0.15, 0.2) is 66.2 Å². The van der Waals surface area contributed by atoms with Crippen LogP contribution in [0.25, 0.3) is 0 Å². The summed E-state index contributed by atoms with van der Waals surface area (Å²) in [5.41, 5.74) is 1.13. The average Bonchev–Trinajstić information content (AvgIpc) is 2.62. The lowest BCUT2D eigenvalue weighted by Gasteiger charge is -2.04. The van der Waals surface area contributed by atoms with Gasteiger partial charge in [0.1, 0.15) is 11.4 Å². The molecule has 0 aliphatic carbocycles. The summed E-state index contributed by atoms with van der Waals surface area (Å²) in [5.74, 6) is -2.25. The van der Waals surface area contributed by atoms with Crippen LogP contribution in [-0.2, 0) is 6.54 Å². The summed E-state index contributed by atoms with van der Waals surface area (Å²) < 4.78 is 0. The molecule has 0 saturated carbocycles. The number of rotatable bonds is 7. The molecule has 2 rings (SSSR count). The van der Waals surface area contributed by atoms with Crippen LogP contribution in [0.3, 0.4) is 0 Å². The molecule has 0 bridgehead atoms. The fourth-order valence-electron chi connectivity index (χ4n) is 1.93. The second-order valence-corrected chi connectivity index (χ2v) is 4.83. The number of pyridine rings is 2. The van der Waals surface area contributed by atoms with Crippen molar-refractivity contribution < 1.29 is 19.8 Å². The van der Waals surface area contributed by atoms with Gasteiger partial charge in [-0.2, -0.15) is 0 Å². The zero-order chi connectivity index (χ0) is 18.2. The van der Waals surface area contributed by atoms with Gasteiger partial charge in [0.25, 0.3) is 0 Å². The van der Waals surface area contributed by atoms with Gasteiger partial charge in [0, 0.05) is 0 Å². The molecule has 0 fully saturated rings. The van der Waals surface area contributed by atoms with E-state index in [1.165, 1.54) is 12.1 Å². The fourth-order valence-corrected chi connectivity index (χ4v) is 1.93. The van der Waals surface area contributed by atoms with E-state index in [1.54, 1.807) is 42.5 Å². The van der Waals surface area contributed by atoms with Crippen molar-refractivity contribution in [2.24, 2.45) is 4.99 Å². The maximum atomic E-state index is 11.1. The predicted molar refractivity (Wildman–Crippen MR) is 92.0 cm³/mol. The van der Waals surface area contributed by atoms with Gasteiger partial charge in [-0.15, -0.1) is 0 Å². The Hall–Kier alpha value is -3.61. The summed E-state index contributed by atoms with van der Waals surface area (Å²) in [6.45, 7) is 3.71. The molecule has 7 heteroatoms. The molecule has 0 aromatic carbocycles. The number of hydrogen-bond acceptors (Lipinski definition) is 5. The molecule has 0 unspecified atom stereocenters. The molecule has 0 saturated heterocycles. The summed E-state index contributed by atoms with van der Waals surface area (Å²) in [6.07, 6.45) is 4.84. The van der Waals surface area contributed by atoms with Gasteiger partial charge in [0.05, 0.1) is 23.6 Å². The summed E-state index contributed by atoms with van der Waals surface area (Å²) in [4.78, 5) is 34.5. The Labute approximate surface area is 143 Å². The van der Waals surface area contributed by atoms with Crippen molar-refractivity contribution in [3.05, 3.63) is 84.0 Å². The molecule has 7 nitrogen and oxygen atoms in total. The first-order valence-electron chi connectivity index (χ1n) is 7.24. The number of carboxylic acids is 2. The molecular weight excluding hydrogens is 322 g/mol. The third-order valence-corrected chi connectivity index (χ3v) is 3.06. The molecule has 0 atom stereocenters. The molecule has 0 radical (unpaired) electrons. The zero-order valence-electron chi connectivity index (χ0n) is 13.2. The Morgan fingerprint density at radius 2 is 1.60 bits per heavy atom. The monoisotopic (exact) mass is 337 g/mol. The van der Waals surface area contributed by atoms with Crippen molar-refractivity contribution >= 4 is 17.7 Å². The van der Waals surface area contributed by atoms with Crippen molar-refractivity contribution in [3.63, 3.8) is 0 Å². The molecular formula is C18H15N3O4. The molecule has 2 N–H and O–H groups in total. The standard InChI is InChI=1S/C18H15N3O4/c1-2-3-7-13(14-8-5-10-16(21-14)18(24)25)19-11-12-6-4-9-15(20-12)17(22)23/h2-10H,1,11H2,(H,22,23)(H,24,25)/b7-3-,19-13+. The third kappa shape index (κ3) is 4.93. The highest BCUT2D eigenvalue weighted by Gasteiger charge is 2.09. The van der Waals surface area contributed by atoms with E-state index in [4.69, 9.17) is 10.2 Å². The van der Waals surface area contributed by atoms with E-state index in [0.29, 0.717) is 17.1 Å². The Morgan fingerprint density at radius 1 is 1.00 bits per heavy atom. The molecule has 0 amide bonds. The van der Waals surface area contributed by atoms with Crippen LogP contribution in [0.4, 0.5) is 0 Å². The molecule has 0 aliphatic heterocycles. The van der Waals surface area contributed by atoms with Crippen molar-refractivity contribution in [2.75, 3.05) is 0 Å². The topological polar surface area (TPSA) is 113 Å². The van der Waals surface area contributed by atoms with Crippen molar-refractivity contribution in [1.82, 2.24) is 9.97 Å². The van der Waals surface area contributed by atoms with E-state index in [9.17, 15) is 9.59 Å². The van der Waals surface area contributed by atoms with Crippen LogP contribution in [0.5, 0.6) is 0 Å². The van der Waals surface area contributed by atoms with E-state index in [2.05, 4.69) is 21.5 Å². The van der Waals surface area contributed by atoms with Crippen LogP contribution >= 0.6 is 0 Å². The molecule has 126 valence electrons. The number of aromatic nitrogens is 2. The minimum Gasteiger partial charge on any atom is -0.477 e. The SMILES string of the molecule is C=C/C=C\C(=N/Cc1cccc(C(=O)O)n1)c1cccc(C(=O)O)n1. The summed E-state index contributed by atoms with van der Waals surface area (Å²) in [7, 11) is 0. The van der Waals surface area contributed by atoms with Crippen LogP contribution in [0, 0.1) is 0 Å². The lowest BCUT2D eigenvalue weighted by atomic mass is 10.2. The Bertz CT molecular complexity index is 872. The minimum atomic E-state index is -1.13. The Balaban J connectivity index is 2.35. The van der Waals surface area contributed by atoms with Gasteiger partial charge in [-0.1, -0.05) is 30.9 Å². The highest BCUT2D eigenvalue weighted by Crippen LogP contribution is 2.07. The zero-order valence-corrected chi connectivity index (χ0v) is 13.2. The number of hydrogen-bond donors (Lipinski definition) is 2. The maximum Gasteiger partial charge on any atom is 0.354 e. The van der Waals surface area contributed by atoms with E-state index in [0.717, 1.165) is 0 Å². The van der Waals surface area contributed by atoms with Crippen LogP contribution in [0.1, 0.15) is 32.4 Å². The normalized spacial score (nSPS) is 11.4. The van der Waals surface area contributed by atoms with Gasteiger partial charge in [-0.3, -0.25) is 4.99 Å². The van der Waals surface area contributed by atoms with E-state index < -0.39 is 11.9 Å². The molecule has 0 aliphatic rings. The van der Waals surface area contributed by atoms with Gasteiger partial charge in [-0.25, -0.2) is 19.6 Å². The highest BCUT2D eigenvalue weighted by atomic mass is 16.4. The smallest absolute Gasteiger partial charge is 0.354 e. The summed E-state index contributed by atoms with van der Waals surface area (Å²) >= 11 is 0. The summed E-state index contributed by atoms with van der Waals surface area (Å²) in [5, 5.41) is 18.0. The van der Waals surface area contributed by atoms with Gasteiger partial charge in [0.2, 0.25) is 0 Å². The molecule has 2 heterocycles. The van der Waals surface area contributed by atoms with Gasteiger partial charge in [0.15, 0.2) is 0 Å². The predicted octanol–water partition coefficient (Wildman–Crippen LogP) is 2.60. The lowest BCUT2D eigenvalue weighted by molar-refractivity contribution is 0.0679. The summed E-state index contributed by atoms with van der Waals surface area (Å²) in [6, 6.07) is 9.24. The lowest BCUT2D eigenvalue weighted by Crippen LogP contribution is -2.08. The number of aromatic carboxylic acids is 2. The van der Waals surface area contributed by atoms with Crippen LogP contribution in [-0.4, -0.2) is 37.8 Å². The number of carbonyl (C=O) groups is 2. The number of carboxylic acid groups (broad SMARTS) is 2. The molecule has 25 heavy (non-hydrogen) atoms. The molecule has 2 aromatic heterocycles. The van der Waals surface area contributed by atoms with E-state index >= 15 is 0 Å². The fraction of sp³-hybridized carbons (Fsp3) is 0.0556. The Kier molecular flexibility index (Phi) is 5.89. The number of allylic oxidation sites excluding steroid dienone is 3. The molecule has 0 spiro atoms. The highest BCUT2D eigenvalue weighted by molar-refractivity contribution is 6.07. The van der Waals surface area contributed by atoms with Crippen molar-refractivity contribution in [2.45, 2.75) is 6.54 Å². The first-order valence-corrected chi connectivity index (χ1v) is 7.24.